The van der Waals surface area contributed by atoms with Crippen LogP contribution in [0.5, 0.6) is 0 Å². The molecule has 106 valence electrons. The lowest BCUT2D eigenvalue weighted by atomic mass is 10.0. The summed E-state index contributed by atoms with van der Waals surface area (Å²) in [6.07, 6.45) is 3.05. The molecule has 0 heterocycles. The molecule has 19 heavy (non-hydrogen) atoms. The highest BCUT2D eigenvalue weighted by atomic mass is 35.5. The normalized spacial score (nSPS) is 18.6. The van der Waals surface area contributed by atoms with Crippen LogP contribution < -0.4 is 10.5 Å². The van der Waals surface area contributed by atoms with E-state index in [2.05, 4.69) is 4.72 Å². The Labute approximate surface area is 117 Å². The number of hydrogen-bond acceptors (Lipinski definition) is 4. The number of sulfonamides is 1. The van der Waals surface area contributed by atoms with E-state index in [0.29, 0.717) is 17.9 Å². The third-order valence-electron chi connectivity index (χ3n) is 3.48. The van der Waals surface area contributed by atoms with Crippen molar-refractivity contribution < 1.29 is 13.5 Å². The molecule has 0 spiro atoms. The molecule has 0 unspecified atom stereocenters. The fourth-order valence-corrected chi connectivity index (χ4v) is 4.27. The molecule has 0 saturated heterocycles. The van der Waals surface area contributed by atoms with Gasteiger partial charge in [0.15, 0.2) is 0 Å². The Hall–Kier alpha value is -0.820. The van der Waals surface area contributed by atoms with Crippen molar-refractivity contribution in [1.29, 1.82) is 0 Å². The number of aliphatic hydroxyl groups is 1. The van der Waals surface area contributed by atoms with Crippen molar-refractivity contribution in [2.24, 2.45) is 0 Å². The molecular formula is C12H17ClN2O3S. The highest BCUT2D eigenvalue weighted by molar-refractivity contribution is 7.89. The average Bonchev–Trinajstić information content (AvgIpc) is 2.80. The second-order valence-electron chi connectivity index (χ2n) is 4.93. The van der Waals surface area contributed by atoms with Crippen molar-refractivity contribution in [1.82, 2.24) is 4.72 Å². The molecule has 0 bridgehead atoms. The van der Waals surface area contributed by atoms with E-state index in [-0.39, 0.29) is 17.2 Å². The number of nitrogens with one attached hydrogen (secondary N) is 1. The molecule has 1 aromatic rings. The summed E-state index contributed by atoms with van der Waals surface area (Å²) in [4.78, 5) is -0.0419. The monoisotopic (exact) mass is 304 g/mol. The van der Waals surface area contributed by atoms with Crippen LogP contribution >= 0.6 is 11.6 Å². The maximum Gasteiger partial charge on any atom is 0.243 e. The molecular weight excluding hydrogens is 288 g/mol. The van der Waals surface area contributed by atoms with Crippen LogP contribution in [0, 0.1) is 0 Å². The van der Waals surface area contributed by atoms with Crippen LogP contribution in [0.3, 0.4) is 0 Å². The highest BCUT2D eigenvalue weighted by Gasteiger charge is 2.38. The average molecular weight is 305 g/mol. The summed E-state index contributed by atoms with van der Waals surface area (Å²) in [6.45, 7) is -0.216. The summed E-state index contributed by atoms with van der Waals surface area (Å²) < 4.78 is 27.3. The molecule has 2 rings (SSSR count). The van der Waals surface area contributed by atoms with Gasteiger partial charge in [0.1, 0.15) is 4.90 Å². The Balaban J connectivity index is 2.34. The summed E-state index contributed by atoms with van der Waals surface area (Å²) in [5, 5.41) is 9.77. The number of nitrogen functional groups attached to an aromatic ring is 1. The molecule has 1 aliphatic carbocycles. The number of hydrogen-bond donors (Lipinski definition) is 3. The van der Waals surface area contributed by atoms with Crippen molar-refractivity contribution in [2.75, 3.05) is 12.3 Å². The van der Waals surface area contributed by atoms with Gasteiger partial charge in [0.2, 0.25) is 10.0 Å². The van der Waals surface area contributed by atoms with E-state index < -0.39 is 15.6 Å². The van der Waals surface area contributed by atoms with E-state index in [0.717, 1.165) is 12.8 Å². The van der Waals surface area contributed by atoms with Crippen LogP contribution in [-0.2, 0) is 10.0 Å². The van der Waals surface area contributed by atoms with E-state index >= 15 is 0 Å². The molecule has 0 radical (unpaired) electrons. The first-order chi connectivity index (χ1) is 8.88. The third-order valence-corrected chi connectivity index (χ3v) is 5.35. The van der Waals surface area contributed by atoms with Crippen LogP contribution in [0.4, 0.5) is 5.69 Å². The van der Waals surface area contributed by atoms with E-state index in [1.807, 2.05) is 0 Å². The maximum absolute atomic E-state index is 12.4. The number of benzene rings is 1. The van der Waals surface area contributed by atoms with Crippen LogP contribution in [0.25, 0.3) is 0 Å². The minimum Gasteiger partial charge on any atom is -0.398 e. The number of halogens is 1. The van der Waals surface area contributed by atoms with Gasteiger partial charge in [-0.1, -0.05) is 24.4 Å². The number of nitrogens with two attached hydrogens (primary N) is 1. The van der Waals surface area contributed by atoms with Gasteiger partial charge in [-0.25, -0.2) is 13.1 Å². The van der Waals surface area contributed by atoms with Gasteiger partial charge < -0.3 is 10.8 Å². The summed E-state index contributed by atoms with van der Waals surface area (Å²) in [5.41, 5.74) is 5.07. The minimum atomic E-state index is -3.79. The fourth-order valence-electron chi connectivity index (χ4n) is 2.43. The zero-order valence-corrected chi connectivity index (χ0v) is 12.0. The third kappa shape index (κ3) is 3.02. The van der Waals surface area contributed by atoms with Crippen LogP contribution in [0.1, 0.15) is 25.7 Å². The van der Waals surface area contributed by atoms with Gasteiger partial charge in [-0.3, -0.25) is 0 Å². The van der Waals surface area contributed by atoms with E-state index in [9.17, 15) is 13.5 Å². The fraction of sp³-hybridized carbons (Fsp3) is 0.500. The standard InChI is InChI=1S/C12H17ClN2O3S/c13-9-3-4-10(14)11(7-9)19(17,18)15-12(8-16)5-1-2-6-12/h3-4,7,15-16H,1-2,5-6,8,14H2. The minimum absolute atomic E-state index is 0.0419. The van der Waals surface area contributed by atoms with Gasteiger partial charge in [0, 0.05) is 5.02 Å². The lowest BCUT2D eigenvalue weighted by Gasteiger charge is -2.27. The maximum atomic E-state index is 12.4. The predicted molar refractivity (Wildman–Crippen MR) is 74.5 cm³/mol. The lowest BCUT2D eigenvalue weighted by molar-refractivity contribution is 0.185. The number of aliphatic hydroxyl groups excluding tert-OH is 1. The second kappa shape index (κ2) is 5.28. The van der Waals surface area contributed by atoms with Crippen molar-refractivity contribution in [2.45, 2.75) is 36.1 Å². The SMILES string of the molecule is Nc1ccc(Cl)cc1S(=O)(=O)NC1(CO)CCCC1. The van der Waals surface area contributed by atoms with E-state index in [1.54, 1.807) is 0 Å². The number of anilines is 1. The summed E-state index contributed by atoms with van der Waals surface area (Å²) in [5.74, 6) is 0. The largest absolute Gasteiger partial charge is 0.398 e. The van der Waals surface area contributed by atoms with Gasteiger partial charge in [-0.15, -0.1) is 0 Å². The molecule has 1 aliphatic rings. The first kappa shape index (κ1) is 14.6. The van der Waals surface area contributed by atoms with Crippen LogP contribution in [0.2, 0.25) is 5.02 Å². The topological polar surface area (TPSA) is 92.4 Å². The molecule has 5 nitrogen and oxygen atoms in total. The van der Waals surface area contributed by atoms with Crippen LogP contribution in [-0.4, -0.2) is 25.7 Å². The molecule has 1 fully saturated rings. The first-order valence-corrected chi connectivity index (χ1v) is 7.95. The Morgan fingerprint density at radius 1 is 1.37 bits per heavy atom. The Kier molecular flexibility index (Phi) is 4.06. The highest BCUT2D eigenvalue weighted by Crippen LogP contribution is 2.32. The Morgan fingerprint density at radius 2 is 2.00 bits per heavy atom. The van der Waals surface area contributed by atoms with Crippen molar-refractivity contribution in [3.8, 4) is 0 Å². The van der Waals surface area contributed by atoms with Crippen LogP contribution in [0.15, 0.2) is 23.1 Å². The van der Waals surface area contributed by atoms with Gasteiger partial charge in [-0.05, 0) is 31.0 Å². The molecule has 4 N–H and O–H groups in total. The van der Waals surface area contributed by atoms with Gasteiger partial charge in [0.05, 0.1) is 17.8 Å². The summed E-state index contributed by atoms with van der Waals surface area (Å²) in [6, 6.07) is 4.31. The second-order valence-corrected chi connectivity index (χ2v) is 7.02. The molecule has 1 aromatic carbocycles. The molecule has 1 saturated carbocycles. The van der Waals surface area contributed by atoms with E-state index in [4.69, 9.17) is 17.3 Å². The first-order valence-electron chi connectivity index (χ1n) is 6.08. The zero-order chi connectivity index (χ0) is 14.1. The predicted octanol–water partition coefficient (Wildman–Crippen LogP) is 1.51. The molecule has 7 heteroatoms. The van der Waals surface area contributed by atoms with Crippen molar-refractivity contribution in [3.05, 3.63) is 23.2 Å². The summed E-state index contributed by atoms with van der Waals surface area (Å²) in [7, 11) is -3.79. The smallest absolute Gasteiger partial charge is 0.243 e. The van der Waals surface area contributed by atoms with Crippen molar-refractivity contribution >= 4 is 27.3 Å². The Bertz CT molecular complexity index is 568. The van der Waals surface area contributed by atoms with Gasteiger partial charge >= 0.3 is 0 Å². The van der Waals surface area contributed by atoms with E-state index in [1.165, 1.54) is 18.2 Å². The van der Waals surface area contributed by atoms with Crippen molar-refractivity contribution in [3.63, 3.8) is 0 Å². The Morgan fingerprint density at radius 3 is 2.58 bits per heavy atom. The lowest BCUT2D eigenvalue weighted by Crippen LogP contribution is -2.49. The summed E-state index contributed by atoms with van der Waals surface area (Å²) >= 11 is 5.81. The zero-order valence-electron chi connectivity index (χ0n) is 10.4. The quantitative estimate of drug-likeness (QED) is 0.735. The molecule has 0 aromatic heterocycles. The molecule has 0 atom stereocenters. The van der Waals surface area contributed by atoms with Gasteiger partial charge in [-0.2, -0.15) is 0 Å². The van der Waals surface area contributed by atoms with Gasteiger partial charge in [0.25, 0.3) is 0 Å². The molecule has 0 amide bonds. The molecule has 0 aliphatic heterocycles. The number of rotatable bonds is 4.